The summed E-state index contributed by atoms with van der Waals surface area (Å²) in [6.45, 7) is 5.49. The van der Waals surface area contributed by atoms with E-state index in [0.717, 1.165) is 71.9 Å². The molecule has 0 amide bonds. The second-order valence-electron chi connectivity index (χ2n) is 8.81. The Morgan fingerprint density at radius 2 is 2.00 bits per heavy atom. The van der Waals surface area contributed by atoms with Crippen molar-refractivity contribution in [2.24, 2.45) is 0 Å². The predicted octanol–water partition coefficient (Wildman–Crippen LogP) is 6.68. The number of ether oxygens (including phenoxy) is 2. The molecule has 0 unspecified atom stereocenters. The zero-order valence-electron chi connectivity index (χ0n) is 20.0. The van der Waals surface area contributed by atoms with Crippen molar-refractivity contribution in [3.63, 3.8) is 0 Å². The van der Waals surface area contributed by atoms with Gasteiger partial charge in [0, 0.05) is 17.4 Å². The molecule has 0 aliphatic heterocycles. The van der Waals surface area contributed by atoms with Gasteiger partial charge in [-0.05, 0) is 78.6 Å². The molecule has 6 heteroatoms. The molecule has 1 heterocycles. The lowest BCUT2D eigenvalue weighted by atomic mass is 9.98. The molecule has 3 aromatic rings. The molecule has 1 aromatic heterocycles. The number of carboxylic acid groups (broad SMARTS) is 1. The largest absolute Gasteiger partial charge is 0.493 e. The highest BCUT2D eigenvalue weighted by Gasteiger charge is 2.24. The number of hydrogen-bond donors (Lipinski definition) is 1. The van der Waals surface area contributed by atoms with Crippen molar-refractivity contribution < 1.29 is 19.4 Å². The average molecular weight is 480 g/mol. The number of benzene rings is 2. The molecule has 0 radical (unpaired) electrons. The summed E-state index contributed by atoms with van der Waals surface area (Å²) in [7, 11) is 0. The number of carboxylic acids is 1. The van der Waals surface area contributed by atoms with Gasteiger partial charge in [0.15, 0.2) is 0 Å². The monoisotopic (exact) mass is 479 g/mol. The first-order valence-corrected chi connectivity index (χ1v) is 13.1. The second kappa shape index (κ2) is 11.5. The van der Waals surface area contributed by atoms with Crippen molar-refractivity contribution in [3.8, 4) is 22.1 Å². The molecular formula is C28H33NO4S. The summed E-state index contributed by atoms with van der Waals surface area (Å²) in [6.07, 6.45) is 5.81. The van der Waals surface area contributed by atoms with Crippen LogP contribution in [-0.4, -0.2) is 29.3 Å². The minimum atomic E-state index is -0.733. The lowest BCUT2D eigenvalue weighted by Crippen LogP contribution is -2.07. The number of fused-ring (bicyclic) bond motifs is 1. The number of carbonyl (C=O) groups is 1. The Labute approximate surface area is 205 Å². The zero-order chi connectivity index (χ0) is 23.9. The van der Waals surface area contributed by atoms with Crippen LogP contribution in [0.1, 0.15) is 67.8 Å². The summed E-state index contributed by atoms with van der Waals surface area (Å²) in [5, 5.41) is 12.3. The number of aromatic nitrogens is 1. The lowest BCUT2D eigenvalue weighted by Gasteiger charge is -2.13. The number of aliphatic carboxylic acids is 1. The summed E-state index contributed by atoms with van der Waals surface area (Å²) in [5.74, 6) is 1.19. The third-order valence-corrected chi connectivity index (χ3v) is 7.23. The summed E-state index contributed by atoms with van der Waals surface area (Å²) in [6, 6.07) is 12.5. The van der Waals surface area contributed by atoms with Gasteiger partial charge in [-0.1, -0.05) is 26.3 Å². The fourth-order valence-corrected chi connectivity index (χ4v) is 5.45. The Morgan fingerprint density at radius 3 is 2.76 bits per heavy atom. The summed E-state index contributed by atoms with van der Waals surface area (Å²) < 4.78 is 12.1. The smallest absolute Gasteiger partial charge is 0.303 e. The van der Waals surface area contributed by atoms with Gasteiger partial charge in [-0.15, -0.1) is 11.3 Å². The molecule has 1 N–H and O–H groups in total. The number of hydrogen-bond acceptors (Lipinski definition) is 5. The Balaban J connectivity index is 1.28. The fourth-order valence-electron chi connectivity index (χ4n) is 4.55. The van der Waals surface area contributed by atoms with Crippen molar-refractivity contribution in [2.45, 2.75) is 64.7 Å². The SMILES string of the molecule is CCCc1cc(-c2nc(CC)cs2)ccc1OCCCOc1ccc2c(c1)CC[C@H]2CC(=O)O. The number of aryl methyl sites for hydroxylation is 3. The first-order chi connectivity index (χ1) is 16.6. The maximum Gasteiger partial charge on any atom is 0.303 e. The minimum Gasteiger partial charge on any atom is -0.493 e. The Bertz CT molecular complexity index is 1120. The van der Waals surface area contributed by atoms with E-state index in [2.05, 4.69) is 43.5 Å². The molecule has 1 atom stereocenters. The van der Waals surface area contributed by atoms with Gasteiger partial charge in [-0.2, -0.15) is 0 Å². The topological polar surface area (TPSA) is 68.7 Å². The van der Waals surface area contributed by atoms with E-state index in [4.69, 9.17) is 19.6 Å². The quantitative estimate of drug-likeness (QED) is 0.294. The van der Waals surface area contributed by atoms with E-state index in [9.17, 15) is 4.79 Å². The molecule has 5 nitrogen and oxygen atoms in total. The molecule has 34 heavy (non-hydrogen) atoms. The average Bonchev–Trinajstić information content (AvgIpc) is 3.47. The molecular weight excluding hydrogens is 446 g/mol. The van der Waals surface area contributed by atoms with Crippen molar-refractivity contribution in [2.75, 3.05) is 13.2 Å². The van der Waals surface area contributed by atoms with Gasteiger partial charge in [0.1, 0.15) is 16.5 Å². The highest BCUT2D eigenvalue weighted by molar-refractivity contribution is 7.13. The molecule has 2 aromatic carbocycles. The normalized spacial score (nSPS) is 14.7. The second-order valence-corrected chi connectivity index (χ2v) is 9.67. The molecule has 0 spiro atoms. The summed E-state index contributed by atoms with van der Waals surface area (Å²) in [4.78, 5) is 15.8. The van der Waals surface area contributed by atoms with Crippen LogP contribution in [0.15, 0.2) is 41.8 Å². The summed E-state index contributed by atoms with van der Waals surface area (Å²) >= 11 is 1.70. The third kappa shape index (κ3) is 5.98. The van der Waals surface area contributed by atoms with Crippen molar-refractivity contribution in [1.29, 1.82) is 0 Å². The maximum absolute atomic E-state index is 11.0. The van der Waals surface area contributed by atoms with Crippen molar-refractivity contribution >= 4 is 17.3 Å². The van der Waals surface area contributed by atoms with E-state index in [0.29, 0.717) is 13.2 Å². The zero-order valence-corrected chi connectivity index (χ0v) is 20.8. The molecule has 0 bridgehead atoms. The molecule has 1 aliphatic carbocycles. The van der Waals surface area contributed by atoms with Crippen LogP contribution in [0.4, 0.5) is 0 Å². The fraction of sp³-hybridized carbons (Fsp3) is 0.429. The minimum absolute atomic E-state index is 0.128. The van der Waals surface area contributed by atoms with E-state index in [1.54, 1.807) is 11.3 Å². The lowest BCUT2D eigenvalue weighted by molar-refractivity contribution is -0.137. The van der Waals surface area contributed by atoms with Crippen LogP contribution in [0.25, 0.3) is 10.6 Å². The number of nitrogens with zero attached hydrogens (tertiary/aromatic N) is 1. The van der Waals surface area contributed by atoms with Gasteiger partial charge in [-0.25, -0.2) is 4.98 Å². The van der Waals surface area contributed by atoms with Gasteiger partial charge in [-0.3, -0.25) is 4.79 Å². The molecule has 0 saturated carbocycles. The Hall–Kier alpha value is -2.86. The third-order valence-electron chi connectivity index (χ3n) is 6.29. The predicted molar refractivity (Wildman–Crippen MR) is 136 cm³/mol. The van der Waals surface area contributed by atoms with E-state index >= 15 is 0 Å². The molecule has 0 fully saturated rings. The van der Waals surface area contributed by atoms with Crippen LogP contribution in [-0.2, 0) is 24.1 Å². The number of rotatable bonds is 12. The Kier molecular flexibility index (Phi) is 8.22. The molecule has 4 rings (SSSR count). The first kappa shape index (κ1) is 24.3. The van der Waals surface area contributed by atoms with Gasteiger partial charge >= 0.3 is 5.97 Å². The van der Waals surface area contributed by atoms with Gasteiger partial charge in [0.05, 0.1) is 25.3 Å². The number of thiazole rings is 1. The maximum atomic E-state index is 11.0. The van der Waals surface area contributed by atoms with Crippen LogP contribution in [0.3, 0.4) is 0 Å². The van der Waals surface area contributed by atoms with Crippen LogP contribution in [0, 0.1) is 0 Å². The van der Waals surface area contributed by atoms with E-state index in [1.807, 2.05) is 12.1 Å². The van der Waals surface area contributed by atoms with Crippen LogP contribution in [0.2, 0.25) is 0 Å². The van der Waals surface area contributed by atoms with E-state index in [1.165, 1.54) is 11.1 Å². The molecule has 1 aliphatic rings. The molecule has 180 valence electrons. The van der Waals surface area contributed by atoms with Crippen LogP contribution < -0.4 is 9.47 Å². The van der Waals surface area contributed by atoms with Gasteiger partial charge in [0.2, 0.25) is 0 Å². The van der Waals surface area contributed by atoms with Crippen LogP contribution in [0.5, 0.6) is 11.5 Å². The van der Waals surface area contributed by atoms with E-state index in [-0.39, 0.29) is 12.3 Å². The highest BCUT2D eigenvalue weighted by Crippen LogP contribution is 2.37. The standard InChI is InChI=1S/C28H33NO4S/c1-3-6-21-15-22(28-29-23(4-2)18-34-28)9-12-26(21)33-14-5-13-32-24-10-11-25-19(16-24)7-8-20(25)17-27(30)31/h9-12,15-16,18,20H,3-8,13-14,17H2,1-2H3,(H,30,31)/t20-/m0/s1. The Morgan fingerprint density at radius 1 is 1.15 bits per heavy atom. The summed E-state index contributed by atoms with van der Waals surface area (Å²) in [5.41, 5.74) is 5.90. The van der Waals surface area contributed by atoms with Crippen molar-refractivity contribution in [1.82, 2.24) is 4.98 Å². The van der Waals surface area contributed by atoms with E-state index < -0.39 is 5.97 Å². The molecule has 0 saturated heterocycles. The highest BCUT2D eigenvalue weighted by atomic mass is 32.1. The first-order valence-electron chi connectivity index (χ1n) is 12.2. The van der Waals surface area contributed by atoms with Crippen molar-refractivity contribution in [3.05, 3.63) is 64.2 Å². The van der Waals surface area contributed by atoms with Gasteiger partial charge in [0.25, 0.3) is 0 Å². The van der Waals surface area contributed by atoms with Crippen LogP contribution >= 0.6 is 11.3 Å². The van der Waals surface area contributed by atoms with Gasteiger partial charge < -0.3 is 14.6 Å².